The van der Waals surface area contributed by atoms with Crippen LogP contribution in [-0.4, -0.2) is 71.3 Å². The molecule has 0 spiro atoms. The van der Waals surface area contributed by atoms with E-state index in [1.54, 1.807) is 36.4 Å². The molecule has 9 heteroatoms. The van der Waals surface area contributed by atoms with Gasteiger partial charge < -0.3 is 4.48 Å². The van der Waals surface area contributed by atoms with Crippen LogP contribution in [0, 0.1) is 0 Å². The average Bonchev–Trinajstić information content (AvgIpc) is 2.89. The minimum absolute atomic E-state index is 0.0145. The first-order chi connectivity index (χ1) is 17.5. The van der Waals surface area contributed by atoms with Gasteiger partial charge in [-0.2, -0.15) is 0 Å². The maximum absolute atomic E-state index is 10.6. The first-order valence-corrected chi connectivity index (χ1v) is 20.2. The van der Waals surface area contributed by atoms with Gasteiger partial charge in [0.05, 0.1) is 26.2 Å². The predicted octanol–water partition coefficient (Wildman–Crippen LogP) is 2.87. The van der Waals surface area contributed by atoms with Gasteiger partial charge in [0.15, 0.2) is 0 Å². The molecular formula is C28H49As2NO6. The predicted molar refractivity (Wildman–Crippen MR) is 151 cm³/mol. The molecule has 0 aliphatic heterocycles. The van der Waals surface area contributed by atoms with Crippen LogP contribution in [0.25, 0.3) is 0 Å². The van der Waals surface area contributed by atoms with E-state index in [4.69, 9.17) is 12.3 Å². The van der Waals surface area contributed by atoms with Crippen molar-refractivity contribution in [3.63, 3.8) is 0 Å². The van der Waals surface area contributed by atoms with E-state index < -0.39 is 28.3 Å². The molecule has 2 aromatic rings. The van der Waals surface area contributed by atoms with Crippen molar-refractivity contribution in [3.05, 3.63) is 60.7 Å². The number of quaternary nitrogens is 1. The molecule has 0 amide bonds. The number of hydrogen-bond acceptors (Lipinski definition) is 3. The summed E-state index contributed by atoms with van der Waals surface area (Å²) in [6.45, 7) is 15.0. The maximum atomic E-state index is 10.6. The number of hydrogen-bond donors (Lipinski definition) is 3. The second kappa shape index (κ2) is 19.9. The first-order valence-electron chi connectivity index (χ1n) is 13.5. The van der Waals surface area contributed by atoms with Crippen LogP contribution in [0.15, 0.2) is 60.7 Å². The van der Waals surface area contributed by atoms with Gasteiger partial charge in [-0.1, -0.05) is 53.4 Å². The Kier molecular flexibility index (Phi) is 19.4. The van der Waals surface area contributed by atoms with Gasteiger partial charge in [0, 0.05) is 0 Å². The standard InChI is InChI=1S/C16H36N.2C6H7AsO3/c1-5-9-13-17(14-10-6-2,15-11-7-3)16-12-8-4;2*8-7(9,10)6-4-2-1-3-5-6/h5-16H2,1-4H3;2*1-5H,(H2,8,9,10)/q+1;;/p-1. The molecule has 2 aromatic carbocycles. The van der Waals surface area contributed by atoms with Gasteiger partial charge in [-0.15, -0.1) is 0 Å². The fraction of sp³-hybridized carbons (Fsp3) is 0.571. The van der Waals surface area contributed by atoms with Crippen molar-refractivity contribution in [2.24, 2.45) is 0 Å². The van der Waals surface area contributed by atoms with Crippen LogP contribution in [0.5, 0.6) is 0 Å². The van der Waals surface area contributed by atoms with Crippen molar-refractivity contribution in [3.8, 4) is 0 Å². The second-order valence-electron chi connectivity index (χ2n) is 9.39. The summed E-state index contributed by atoms with van der Waals surface area (Å²) in [6, 6.07) is 15.4. The quantitative estimate of drug-likeness (QED) is 0.215. The Labute approximate surface area is 230 Å². The minimum atomic E-state index is -4.85. The summed E-state index contributed by atoms with van der Waals surface area (Å²) >= 11 is -9.45. The molecule has 0 aliphatic carbocycles. The Morgan fingerprint density at radius 2 is 0.892 bits per heavy atom. The molecule has 7 nitrogen and oxygen atoms in total. The van der Waals surface area contributed by atoms with Crippen LogP contribution >= 0.6 is 0 Å². The monoisotopic (exact) mass is 645 g/mol. The zero-order valence-corrected chi connectivity index (χ0v) is 26.9. The molecule has 0 bridgehead atoms. The first kappa shape index (κ1) is 36.0. The topological polar surface area (TPSA) is 118 Å². The van der Waals surface area contributed by atoms with Gasteiger partial charge in [-0.05, 0) is 25.7 Å². The SMILES string of the molecule is CCCC[N+](CCCC)(CCCC)CCCC.O=[As](O)(O)c1ccccc1.O=[As]([O-])(O)c1ccccc1. The van der Waals surface area contributed by atoms with E-state index in [0.29, 0.717) is 0 Å². The molecule has 212 valence electrons. The van der Waals surface area contributed by atoms with Crippen LogP contribution in [-0.2, 0) is 7.48 Å². The molecule has 0 aliphatic rings. The van der Waals surface area contributed by atoms with Crippen molar-refractivity contribution in [2.75, 3.05) is 26.2 Å². The molecule has 3 N–H and O–H groups in total. The molecule has 0 aromatic heterocycles. The molecular weight excluding hydrogens is 596 g/mol. The van der Waals surface area contributed by atoms with Gasteiger partial charge in [0.1, 0.15) is 0 Å². The molecule has 1 unspecified atom stereocenters. The van der Waals surface area contributed by atoms with Crippen molar-refractivity contribution >= 4 is 37.0 Å². The molecule has 0 saturated heterocycles. The normalized spacial score (nSPS) is 13.0. The van der Waals surface area contributed by atoms with Crippen molar-refractivity contribution < 1.29 is 28.3 Å². The second-order valence-corrected chi connectivity index (χ2v) is 16.0. The van der Waals surface area contributed by atoms with Gasteiger partial charge in [0.25, 0.3) is 0 Å². The van der Waals surface area contributed by atoms with E-state index in [2.05, 4.69) is 27.7 Å². The van der Waals surface area contributed by atoms with Crippen LogP contribution in [0.2, 0.25) is 0 Å². The molecule has 1 atom stereocenters. The Morgan fingerprint density at radius 3 is 1.08 bits per heavy atom. The van der Waals surface area contributed by atoms with Crippen LogP contribution < -0.4 is 12.8 Å². The Hall–Kier alpha value is -1.04. The molecule has 0 saturated carbocycles. The van der Waals surface area contributed by atoms with Crippen molar-refractivity contribution in [1.29, 1.82) is 0 Å². The zero-order chi connectivity index (χ0) is 28.2. The van der Waals surface area contributed by atoms with Crippen LogP contribution in [0.3, 0.4) is 0 Å². The molecule has 37 heavy (non-hydrogen) atoms. The fourth-order valence-electron chi connectivity index (χ4n) is 3.88. The third-order valence-corrected chi connectivity index (χ3v) is 10.2. The summed E-state index contributed by atoms with van der Waals surface area (Å²) < 4.78 is 59.0. The molecule has 0 heterocycles. The van der Waals surface area contributed by atoms with E-state index in [1.807, 2.05) is 0 Å². The number of benzene rings is 2. The van der Waals surface area contributed by atoms with Crippen LogP contribution in [0.1, 0.15) is 79.1 Å². The Balaban J connectivity index is 0.000000555. The summed E-state index contributed by atoms with van der Waals surface area (Å²) in [5, 5.41) is 0. The summed E-state index contributed by atoms with van der Waals surface area (Å²) in [7, 11) is 0. The third-order valence-electron chi connectivity index (χ3n) is 6.12. The molecule has 2 rings (SSSR count). The van der Waals surface area contributed by atoms with Gasteiger partial charge in [-0.3, -0.25) is 0 Å². The van der Waals surface area contributed by atoms with E-state index in [1.165, 1.54) is 106 Å². The summed E-state index contributed by atoms with van der Waals surface area (Å²) in [5.41, 5.74) is 0. The zero-order valence-electron chi connectivity index (χ0n) is 23.2. The van der Waals surface area contributed by atoms with Gasteiger partial charge >= 0.3 is 122 Å². The van der Waals surface area contributed by atoms with E-state index >= 15 is 0 Å². The van der Waals surface area contributed by atoms with Crippen molar-refractivity contribution in [2.45, 2.75) is 79.1 Å². The average molecular weight is 646 g/mol. The third kappa shape index (κ3) is 17.2. The fourth-order valence-corrected chi connectivity index (χ4v) is 6.21. The van der Waals surface area contributed by atoms with Crippen LogP contribution in [0.4, 0.5) is 0 Å². The number of nitrogens with zero attached hydrogens (tertiary/aromatic N) is 1. The summed E-state index contributed by atoms with van der Waals surface area (Å²) in [6.07, 6.45) is 11.1. The number of unbranched alkanes of at least 4 members (excludes halogenated alkanes) is 4. The van der Waals surface area contributed by atoms with Gasteiger partial charge in [0.2, 0.25) is 0 Å². The van der Waals surface area contributed by atoms with E-state index in [9.17, 15) is 11.6 Å². The van der Waals surface area contributed by atoms with E-state index in [-0.39, 0.29) is 8.70 Å². The molecule has 0 radical (unpaired) electrons. The van der Waals surface area contributed by atoms with E-state index in [0.717, 1.165) is 0 Å². The summed E-state index contributed by atoms with van der Waals surface area (Å²) in [4.78, 5) is 0. The Morgan fingerprint density at radius 1 is 0.595 bits per heavy atom. The van der Waals surface area contributed by atoms with Gasteiger partial charge in [-0.25, -0.2) is 0 Å². The Bertz CT molecular complexity index is 804. The summed E-state index contributed by atoms with van der Waals surface area (Å²) in [5.74, 6) is 0. The number of rotatable bonds is 14. The van der Waals surface area contributed by atoms with Crippen molar-refractivity contribution in [1.82, 2.24) is 0 Å². The molecule has 0 fully saturated rings.